The van der Waals surface area contributed by atoms with Crippen LogP contribution < -0.4 is 24.2 Å². The smallest absolute Gasteiger partial charge is 0.338 e. The summed E-state index contributed by atoms with van der Waals surface area (Å²) in [5.74, 6) is -0.663. The van der Waals surface area contributed by atoms with E-state index in [1.54, 1.807) is 28.0 Å². The molecule has 5 rings (SSSR count). The van der Waals surface area contributed by atoms with Crippen molar-refractivity contribution < 1.29 is 18.5 Å². The quantitative estimate of drug-likeness (QED) is 0.287. The third-order valence-corrected chi connectivity index (χ3v) is 9.26. The Bertz CT molecular complexity index is 1650. The predicted octanol–water partition coefficient (Wildman–Crippen LogP) is 3.39. The first kappa shape index (κ1) is 24.5. The molecule has 2 aromatic heterocycles. The molecule has 2 aromatic carbocycles. The predicted molar refractivity (Wildman–Crippen MR) is 143 cm³/mol. The van der Waals surface area contributed by atoms with E-state index in [0.29, 0.717) is 23.2 Å². The maximum atomic E-state index is 13.8. The number of thioether (sulfide) groups is 1. The van der Waals surface area contributed by atoms with Crippen molar-refractivity contribution in [2.75, 3.05) is 19.1 Å². The monoisotopic (exact) mass is 540 g/mol. The van der Waals surface area contributed by atoms with E-state index in [1.807, 2.05) is 54.7 Å². The lowest BCUT2D eigenvalue weighted by Crippen LogP contribution is -2.36. The number of ether oxygens (including phenoxy) is 1. The molecule has 0 unspecified atom stereocenters. The van der Waals surface area contributed by atoms with Crippen LogP contribution in [0.1, 0.15) is 27.9 Å². The van der Waals surface area contributed by atoms with Gasteiger partial charge in [-0.3, -0.25) is 9.36 Å². The molecule has 4 aromatic rings. The third kappa shape index (κ3) is 4.40. The summed E-state index contributed by atoms with van der Waals surface area (Å²) in [6.45, 7) is 2.97. The molecular weight excluding hydrogens is 518 g/mol. The standard InChI is InChI=1S/C26H23FN3O3S3/c1-4-30-22(36-23(24(30)31)25-28(2)19-10-9-17(27)13-20(19)35-25)14-21-29(11-12-34-21)15-16-7-5-6-8-18(16)26(32)33-3/h5-14H,4,15H2,1-3H3/q+1/b25-23+. The highest BCUT2D eigenvalue weighted by Crippen LogP contribution is 2.45. The summed E-state index contributed by atoms with van der Waals surface area (Å²) < 4.78 is 24.0. The highest BCUT2D eigenvalue weighted by molar-refractivity contribution is 8.08. The van der Waals surface area contributed by atoms with Crippen LogP contribution in [0, 0.1) is 5.82 Å². The second kappa shape index (κ2) is 10.0. The summed E-state index contributed by atoms with van der Waals surface area (Å²) in [5, 5.41) is 3.74. The number of benzene rings is 2. The van der Waals surface area contributed by atoms with E-state index in [-0.39, 0.29) is 17.3 Å². The van der Waals surface area contributed by atoms with Gasteiger partial charge < -0.3 is 9.64 Å². The number of nitrogens with zero attached hydrogens (tertiary/aromatic N) is 3. The highest BCUT2D eigenvalue weighted by Gasteiger charge is 2.25. The first-order valence-corrected chi connectivity index (χ1v) is 13.7. The first-order valence-electron chi connectivity index (χ1n) is 11.2. The van der Waals surface area contributed by atoms with Gasteiger partial charge in [0.05, 0.1) is 29.8 Å². The van der Waals surface area contributed by atoms with Gasteiger partial charge in [-0.2, -0.15) is 4.57 Å². The normalized spacial score (nSPS) is 14.9. The van der Waals surface area contributed by atoms with E-state index in [0.717, 1.165) is 30.8 Å². The average molecular weight is 541 g/mol. The lowest BCUT2D eigenvalue weighted by Gasteiger charge is -2.12. The summed E-state index contributed by atoms with van der Waals surface area (Å²) in [4.78, 5) is 28.4. The van der Waals surface area contributed by atoms with Gasteiger partial charge in [-0.25, -0.2) is 9.18 Å². The molecule has 10 heteroatoms. The largest absolute Gasteiger partial charge is 0.465 e. The third-order valence-electron chi connectivity index (χ3n) is 5.94. The number of fused-ring (bicyclic) bond motifs is 1. The Balaban J connectivity index is 1.58. The van der Waals surface area contributed by atoms with E-state index in [4.69, 9.17) is 4.74 Å². The van der Waals surface area contributed by atoms with Gasteiger partial charge in [-0.15, -0.1) is 11.3 Å². The molecule has 0 fully saturated rings. The second-order valence-electron chi connectivity index (χ2n) is 8.06. The minimum Gasteiger partial charge on any atom is -0.465 e. The van der Waals surface area contributed by atoms with Gasteiger partial charge in [0.15, 0.2) is 12.7 Å². The fourth-order valence-electron chi connectivity index (χ4n) is 4.11. The minimum atomic E-state index is -0.370. The molecular formula is C26H23FN3O3S3+. The van der Waals surface area contributed by atoms with E-state index < -0.39 is 0 Å². The summed E-state index contributed by atoms with van der Waals surface area (Å²) in [7, 11) is 3.28. The zero-order valence-corrected chi connectivity index (χ0v) is 22.3. The maximum Gasteiger partial charge on any atom is 0.338 e. The van der Waals surface area contributed by atoms with Crippen LogP contribution in [0.25, 0.3) is 11.1 Å². The van der Waals surface area contributed by atoms with Gasteiger partial charge in [-0.1, -0.05) is 41.3 Å². The first-order chi connectivity index (χ1) is 17.4. The molecule has 1 aliphatic heterocycles. The average Bonchev–Trinajstić information content (AvgIpc) is 3.54. The lowest BCUT2D eigenvalue weighted by molar-refractivity contribution is -0.685. The molecule has 184 valence electrons. The van der Waals surface area contributed by atoms with Crippen LogP contribution in [0.3, 0.4) is 0 Å². The fourth-order valence-corrected chi connectivity index (χ4v) is 7.45. The number of aromatic nitrogens is 2. The Morgan fingerprint density at radius 2 is 2.03 bits per heavy atom. The molecule has 0 saturated heterocycles. The van der Waals surface area contributed by atoms with Crippen molar-refractivity contribution in [3.63, 3.8) is 0 Å². The molecule has 6 nitrogen and oxygen atoms in total. The second-order valence-corrected chi connectivity index (χ2v) is 11.0. The zero-order valence-electron chi connectivity index (χ0n) is 19.9. The van der Waals surface area contributed by atoms with Crippen molar-refractivity contribution in [3.8, 4) is 0 Å². The van der Waals surface area contributed by atoms with Crippen LogP contribution in [0.2, 0.25) is 0 Å². The number of rotatable bonds is 5. The van der Waals surface area contributed by atoms with Gasteiger partial charge >= 0.3 is 5.97 Å². The van der Waals surface area contributed by atoms with Crippen LogP contribution in [0.15, 0.2) is 63.7 Å². The molecule has 0 aliphatic carbocycles. The molecule has 0 bridgehead atoms. The number of carbonyl (C=O) groups is 1. The zero-order chi connectivity index (χ0) is 25.4. The van der Waals surface area contributed by atoms with Crippen molar-refractivity contribution in [1.29, 1.82) is 0 Å². The Labute approximate surface area is 219 Å². The molecule has 0 N–H and O–H groups in total. The summed E-state index contributed by atoms with van der Waals surface area (Å²) in [5.41, 5.74) is 2.21. The molecule has 3 heterocycles. The molecule has 0 spiro atoms. The maximum absolute atomic E-state index is 13.8. The van der Waals surface area contributed by atoms with E-state index in [1.165, 1.54) is 42.3 Å². The number of thiazole rings is 2. The van der Waals surface area contributed by atoms with Gasteiger partial charge in [0.25, 0.3) is 10.6 Å². The molecule has 36 heavy (non-hydrogen) atoms. The number of carbonyl (C=O) groups excluding carboxylic acids is 1. The van der Waals surface area contributed by atoms with Crippen molar-refractivity contribution in [1.82, 2.24) is 4.57 Å². The number of hydrogen-bond donors (Lipinski definition) is 0. The van der Waals surface area contributed by atoms with Crippen molar-refractivity contribution in [3.05, 3.63) is 95.5 Å². The number of anilines is 1. The molecule has 1 aliphatic rings. The Morgan fingerprint density at radius 1 is 1.22 bits per heavy atom. The molecule has 0 amide bonds. The van der Waals surface area contributed by atoms with Crippen LogP contribution in [-0.4, -0.2) is 24.7 Å². The van der Waals surface area contributed by atoms with Crippen LogP contribution in [0.4, 0.5) is 10.1 Å². The summed E-state index contributed by atoms with van der Waals surface area (Å²) in [6, 6.07) is 12.1. The van der Waals surface area contributed by atoms with Crippen LogP contribution in [-0.2, 0) is 17.8 Å². The topological polar surface area (TPSA) is 55.4 Å². The Hall–Kier alpha value is -3.21. The SMILES string of the molecule is CCn1c(=O)/c(=C2\Sc3cc(F)ccc3N2C)s/c1=C\c1scc[n+]1Cc1ccccc1C(=O)OC. The van der Waals surface area contributed by atoms with Gasteiger partial charge in [0.1, 0.15) is 20.0 Å². The minimum absolute atomic E-state index is 0.0597. The number of esters is 1. The van der Waals surface area contributed by atoms with Crippen molar-refractivity contribution >= 4 is 57.2 Å². The Kier molecular flexibility index (Phi) is 6.83. The van der Waals surface area contributed by atoms with E-state index >= 15 is 0 Å². The van der Waals surface area contributed by atoms with Gasteiger partial charge in [-0.05, 0) is 31.2 Å². The van der Waals surface area contributed by atoms with E-state index in [9.17, 15) is 14.0 Å². The molecule has 0 atom stereocenters. The Morgan fingerprint density at radius 3 is 2.81 bits per heavy atom. The number of methoxy groups -OCH3 is 1. The van der Waals surface area contributed by atoms with Gasteiger partial charge in [0, 0.05) is 24.1 Å². The summed E-state index contributed by atoms with van der Waals surface area (Å²) >= 11 is 4.41. The fraction of sp³-hybridized carbons (Fsp3) is 0.192. The van der Waals surface area contributed by atoms with Crippen LogP contribution in [0.5, 0.6) is 0 Å². The molecule has 0 saturated carbocycles. The highest BCUT2D eigenvalue weighted by atomic mass is 32.2. The van der Waals surface area contributed by atoms with Crippen LogP contribution >= 0.6 is 34.4 Å². The van der Waals surface area contributed by atoms with Crippen molar-refractivity contribution in [2.45, 2.75) is 24.9 Å². The lowest BCUT2D eigenvalue weighted by atomic mass is 10.1. The van der Waals surface area contributed by atoms with Crippen molar-refractivity contribution in [2.24, 2.45) is 0 Å². The summed E-state index contributed by atoms with van der Waals surface area (Å²) in [6.07, 6.45) is 3.98. The number of halogens is 1. The van der Waals surface area contributed by atoms with Gasteiger partial charge in [0.2, 0.25) is 0 Å². The molecule has 0 radical (unpaired) electrons. The number of hydrogen-bond acceptors (Lipinski definition) is 7. The van der Waals surface area contributed by atoms with E-state index in [2.05, 4.69) is 4.57 Å².